The van der Waals surface area contributed by atoms with Gasteiger partial charge in [0.2, 0.25) is 0 Å². The third kappa shape index (κ3) is 2.98. The van der Waals surface area contributed by atoms with Gasteiger partial charge in [-0.2, -0.15) is 5.10 Å². The molecular formula is C12H22N4O2S. The van der Waals surface area contributed by atoms with Gasteiger partial charge in [-0.3, -0.25) is 4.68 Å². The van der Waals surface area contributed by atoms with Gasteiger partial charge in [0.25, 0.3) is 10.0 Å². The number of nitrogens with two attached hydrogens (primary N) is 1. The summed E-state index contributed by atoms with van der Waals surface area (Å²) in [6.07, 6.45) is 5.98. The molecule has 108 valence electrons. The Kier molecular flexibility index (Phi) is 4.27. The third-order valence-corrected chi connectivity index (χ3v) is 5.55. The van der Waals surface area contributed by atoms with Crippen LogP contribution < -0.4 is 10.5 Å². The molecular weight excluding hydrogens is 264 g/mol. The number of nitrogens with zero attached hydrogens (tertiary/aromatic N) is 2. The standard InChI is InChI=1S/C12H22N4O2S/c1-9-8-14-16(2)12(9)19(17,18)15-11(7-13)10-5-3-4-6-10/h8,10-11,15H,3-7,13H2,1-2H3. The van der Waals surface area contributed by atoms with Gasteiger partial charge >= 0.3 is 0 Å². The molecule has 1 unspecified atom stereocenters. The number of hydrogen-bond acceptors (Lipinski definition) is 4. The highest BCUT2D eigenvalue weighted by Gasteiger charge is 2.30. The van der Waals surface area contributed by atoms with Crippen LogP contribution in [-0.4, -0.2) is 30.8 Å². The van der Waals surface area contributed by atoms with E-state index >= 15 is 0 Å². The van der Waals surface area contributed by atoms with Crippen molar-refractivity contribution in [3.05, 3.63) is 11.8 Å². The predicted molar refractivity (Wildman–Crippen MR) is 73.1 cm³/mol. The molecule has 0 spiro atoms. The Hall–Kier alpha value is -0.920. The number of aryl methyl sites for hydroxylation is 2. The van der Waals surface area contributed by atoms with E-state index in [4.69, 9.17) is 5.73 Å². The average Bonchev–Trinajstić information content (AvgIpc) is 2.96. The first-order chi connectivity index (χ1) is 8.95. The summed E-state index contributed by atoms with van der Waals surface area (Å²) in [4.78, 5) is 0. The highest BCUT2D eigenvalue weighted by Crippen LogP contribution is 2.28. The lowest BCUT2D eigenvalue weighted by atomic mass is 9.99. The van der Waals surface area contributed by atoms with Crippen molar-refractivity contribution >= 4 is 10.0 Å². The Balaban J connectivity index is 2.20. The van der Waals surface area contributed by atoms with E-state index in [1.165, 1.54) is 4.68 Å². The smallest absolute Gasteiger partial charge is 0.258 e. The van der Waals surface area contributed by atoms with Crippen LogP contribution >= 0.6 is 0 Å². The Labute approximate surface area is 114 Å². The third-order valence-electron chi connectivity index (χ3n) is 3.84. The summed E-state index contributed by atoms with van der Waals surface area (Å²) in [7, 11) is -1.92. The summed E-state index contributed by atoms with van der Waals surface area (Å²) in [5, 5.41) is 4.21. The van der Waals surface area contributed by atoms with Gasteiger partial charge in [-0.1, -0.05) is 12.8 Å². The molecule has 1 fully saturated rings. The second-order valence-electron chi connectivity index (χ2n) is 5.26. The molecule has 1 aromatic rings. The molecule has 6 nitrogen and oxygen atoms in total. The fourth-order valence-electron chi connectivity index (χ4n) is 2.87. The highest BCUT2D eigenvalue weighted by atomic mass is 32.2. The van der Waals surface area contributed by atoms with Crippen molar-refractivity contribution in [3.63, 3.8) is 0 Å². The van der Waals surface area contributed by atoms with Gasteiger partial charge in [0.1, 0.15) is 0 Å². The van der Waals surface area contributed by atoms with E-state index in [0.29, 0.717) is 18.0 Å². The Morgan fingerprint density at radius 1 is 1.53 bits per heavy atom. The molecule has 1 aromatic heterocycles. The van der Waals surface area contributed by atoms with Gasteiger partial charge in [-0.05, 0) is 25.7 Å². The van der Waals surface area contributed by atoms with E-state index in [2.05, 4.69) is 9.82 Å². The first-order valence-electron chi connectivity index (χ1n) is 6.66. The summed E-state index contributed by atoms with van der Waals surface area (Å²) < 4.78 is 29.0. The fraction of sp³-hybridized carbons (Fsp3) is 0.750. The van der Waals surface area contributed by atoms with Crippen molar-refractivity contribution in [3.8, 4) is 0 Å². The number of hydrogen-bond donors (Lipinski definition) is 2. The second kappa shape index (κ2) is 5.60. The minimum Gasteiger partial charge on any atom is -0.329 e. The monoisotopic (exact) mass is 286 g/mol. The van der Waals surface area contributed by atoms with Crippen molar-refractivity contribution in [2.24, 2.45) is 18.7 Å². The van der Waals surface area contributed by atoms with Gasteiger partial charge in [-0.25, -0.2) is 13.1 Å². The molecule has 1 atom stereocenters. The van der Waals surface area contributed by atoms with Gasteiger partial charge in [0.15, 0.2) is 5.03 Å². The summed E-state index contributed by atoms with van der Waals surface area (Å²) in [6.45, 7) is 2.08. The lowest BCUT2D eigenvalue weighted by Crippen LogP contribution is -2.45. The largest absolute Gasteiger partial charge is 0.329 e. The summed E-state index contributed by atoms with van der Waals surface area (Å²) in [5.74, 6) is 0.355. The molecule has 19 heavy (non-hydrogen) atoms. The zero-order chi connectivity index (χ0) is 14.0. The van der Waals surface area contributed by atoms with Crippen LogP contribution in [-0.2, 0) is 17.1 Å². The summed E-state index contributed by atoms with van der Waals surface area (Å²) in [5.41, 5.74) is 6.39. The Morgan fingerprint density at radius 2 is 2.16 bits per heavy atom. The van der Waals surface area contributed by atoms with Crippen LogP contribution in [0.15, 0.2) is 11.2 Å². The van der Waals surface area contributed by atoms with Crippen molar-refractivity contribution in [1.82, 2.24) is 14.5 Å². The quantitative estimate of drug-likeness (QED) is 0.826. The van der Waals surface area contributed by atoms with E-state index in [1.54, 1.807) is 20.2 Å². The highest BCUT2D eigenvalue weighted by molar-refractivity contribution is 7.89. The van der Waals surface area contributed by atoms with Crippen LogP contribution in [0.2, 0.25) is 0 Å². The van der Waals surface area contributed by atoms with Gasteiger partial charge in [0, 0.05) is 25.2 Å². The predicted octanol–water partition coefficient (Wildman–Crippen LogP) is 0.524. The Morgan fingerprint density at radius 3 is 2.63 bits per heavy atom. The molecule has 1 saturated carbocycles. The zero-order valence-corrected chi connectivity index (χ0v) is 12.3. The first kappa shape index (κ1) is 14.5. The average molecular weight is 286 g/mol. The van der Waals surface area contributed by atoms with Crippen LogP contribution in [0.3, 0.4) is 0 Å². The second-order valence-corrected chi connectivity index (χ2v) is 6.89. The van der Waals surface area contributed by atoms with E-state index in [1.807, 2.05) is 0 Å². The van der Waals surface area contributed by atoms with Crippen molar-refractivity contribution in [2.45, 2.75) is 43.7 Å². The van der Waals surface area contributed by atoms with E-state index < -0.39 is 10.0 Å². The lowest BCUT2D eigenvalue weighted by molar-refractivity contribution is 0.404. The topological polar surface area (TPSA) is 90.0 Å². The first-order valence-corrected chi connectivity index (χ1v) is 8.15. The minimum atomic E-state index is -3.56. The normalized spacial score (nSPS) is 18.9. The van der Waals surface area contributed by atoms with E-state index in [9.17, 15) is 8.42 Å². The molecule has 0 aromatic carbocycles. The van der Waals surface area contributed by atoms with Gasteiger partial charge in [-0.15, -0.1) is 0 Å². The molecule has 1 aliphatic carbocycles. The molecule has 1 aliphatic rings. The van der Waals surface area contributed by atoms with Gasteiger partial charge in [0.05, 0.1) is 6.20 Å². The number of rotatable bonds is 5. The molecule has 0 amide bonds. The van der Waals surface area contributed by atoms with Gasteiger partial charge < -0.3 is 5.73 Å². The van der Waals surface area contributed by atoms with Crippen LogP contribution in [0.4, 0.5) is 0 Å². The maximum absolute atomic E-state index is 12.4. The summed E-state index contributed by atoms with van der Waals surface area (Å²) >= 11 is 0. The maximum Gasteiger partial charge on any atom is 0.258 e. The molecule has 0 aliphatic heterocycles. The number of nitrogens with one attached hydrogen (secondary N) is 1. The molecule has 3 N–H and O–H groups in total. The molecule has 1 heterocycles. The van der Waals surface area contributed by atoms with Crippen molar-refractivity contribution in [1.29, 1.82) is 0 Å². The molecule has 0 saturated heterocycles. The lowest BCUT2D eigenvalue weighted by Gasteiger charge is -2.23. The van der Waals surface area contributed by atoms with E-state index in [0.717, 1.165) is 25.7 Å². The van der Waals surface area contributed by atoms with Crippen molar-refractivity contribution < 1.29 is 8.42 Å². The molecule has 0 radical (unpaired) electrons. The van der Waals surface area contributed by atoms with E-state index in [-0.39, 0.29) is 11.1 Å². The van der Waals surface area contributed by atoms with Crippen LogP contribution in [0.1, 0.15) is 31.2 Å². The Bertz CT molecular complexity index is 512. The van der Waals surface area contributed by atoms with Crippen molar-refractivity contribution in [2.75, 3.05) is 6.54 Å². The number of sulfonamides is 1. The fourth-order valence-corrected chi connectivity index (χ4v) is 4.54. The zero-order valence-electron chi connectivity index (χ0n) is 11.5. The molecule has 2 rings (SSSR count). The number of aromatic nitrogens is 2. The molecule has 7 heteroatoms. The molecule has 0 bridgehead atoms. The SMILES string of the molecule is Cc1cnn(C)c1S(=O)(=O)NC(CN)C1CCCC1. The van der Waals surface area contributed by atoms with Crippen LogP contribution in [0.5, 0.6) is 0 Å². The summed E-state index contributed by atoms with van der Waals surface area (Å²) in [6, 6.07) is -0.179. The minimum absolute atomic E-state index is 0.179. The maximum atomic E-state index is 12.4. The van der Waals surface area contributed by atoms with Crippen LogP contribution in [0, 0.1) is 12.8 Å². The van der Waals surface area contributed by atoms with Crippen LogP contribution in [0.25, 0.3) is 0 Å².